The van der Waals surface area contributed by atoms with Gasteiger partial charge in [-0.05, 0) is 59.7 Å². The Labute approximate surface area is 187 Å². The van der Waals surface area contributed by atoms with Gasteiger partial charge in [-0.15, -0.1) is 0 Å². The van der Waals surface area contributed by atoms with E-state index in [2.05, 4.69) is 15.3 Å². The van der Waals surface area contributed by atoms with Gasteiger partial charge in [-0.3, -0.25) is 4.98 Å². The Hall–Kier alpha value is -4.33. The molecule has 0 aliphatic rings. The van der Waals surface area contributed by atoms with E-state index in [4.69, 9.17) is 14.1 Å². The van der Waals surface area contributed by atoms with Crippen LogP contribution in [0.3, 0.4) is 0 Å². The number of nitrogens with one attached hydrogen (secondary N) is 1. The molecule has 0 saturated heterocycles. The molecule has 5 aromatic rings. The zero-order valence-electron chi connectivity index (χ0n) is 17.5. The molecule has 2 aromatic carbocycles. The van der Waals surface area contributed by atoms with E-state index in [9.17, 15) is 8.78 Å². The molecule has 0 fully saturated rings. The Balaban J connectivity index is 1.70. The van der Waals surface area contributed by atoms with E-state index in [0.717, 1.165) is 17.7 Å². The molecule has 5 rings (SSSR count). The van der Waals surface area contributed by atoms with Crippen LogP contribution in [0, 0.1) is 11.6 Å². The number of rotatable bonds is 6. The van der Waals surface area contributed by atoms with Gasteiger partial charge in [0.15, 0.2) is 17.5 Å². The second-order valence-corrected chi connectivity index (χ2v) is 7.25. The van der Waals surface area contributed by atoms with Crippen LogP contribution in [0.15, 0.2) is 77.7 Å². The second-order valence-electron chi connectivity index (χ2n) is 7.25. The van der Waals surface area contributed by atoms with Crippen LogP contribution in [-0.2, 0) is 6.61 Å². The van der Waals surface area contributed by atoms with Crippen LogP contribution in [0.5, 0.6) is 5.75 Å². The zero-order chi connectivity index (χ0) is 22.8. The molecule has 0 radical (unpaired) electrons. The van der Waals surface area contributed by atoms with Crippen LogP contribution in [0.1, 0.15) is 5.76 Å². The Morgan fingerprint density at radius 2 is 1.85 bits per heavy atom. The van der Waals surface area contributed by atoms with Crippen LogP contribution in [0.2, 0.25) is 0 Å². The normalized spacial score (nSPS) is 11.0. The maximum Gasteiger partial charge on any atom is 0.163 e. The summed E-state index contributed by atoms with van der Waals surface area (Å²) in [5.41, 5.74) is 2.44. The van der Waals surface area contributed by atoms with Crippen molar-refractivity contribution in [3.63, 3.8) is 0 Å². The number of benzene rings is 2. The first-order valence-electron chi connectivity index (χ1n) is 10.2. The number of anilines is 1. The van der Waals surface area contributed by atoms with Gasteiger partial charge in [0.2, 0.25) is 0 Å². The third-order valence-electron chi connectivity index (χ3n) is 5.12. The molecule has 0 spiro atoms. The summed E-state index contributed by atoms with van der Waals surface area (Å²) in [6.07, 6.45) is 4.92. The molecular weight excluding hydrogens is 426 g/mol. The average Bonchev–Trinajstić information content (AvgIpc) is 3.37. The first kappa shape index (κ1) is 20.6. The fourth-order valence-corrected chi connectivity index (χ4v) is 3.51. The second kappa shape index (κ2) is 8.66. The highest BCUT2D eigenvalue weighted by Gasteiger charge is 2.17. The summed E-state index contributed by atoms with van der Waals surface area (Å²) in [7, 11) is 1.75. The van der Waals surface area contributed by atoms with Gasteiger partial charge in [-0.2, -0.15) is 0 Å². The fourth-order valence-electron chi connectivity index (χ4n) is 3.51. The van der Waals surface area contributed by atoms with Crippen molar-refractivity contribution >= 4 is 16.7 Å². The van der Waals surface area contributed by atoms with Gasteiger partial charge >= 0.3 is 0 Å². The van der Waals surface area contributed by atoms with Crippen LogP contribution >= 0.6 is 0 Å². The highest BCUT2D eigenvalue weighted by Crippen LogP contribution is 2.36. The van der Waals surface area contributed by atoms with E-state index in [-0.39, 0.29) is 6.61 Å². The highest BCUT2D eigenvalue weighted by atomic mass is 19.2. The third kappa shape index (κ3) is 4.10. The quantitative estimate of drug-likeness (QED) is 0.354. The molecule has 3 heterocycles. The van der Waals surface area contributed by atoms with Crippen molar-refractivity contribution in [1.29, 1.82) is 0 Å². The summed E-state index contributed by atoms with van der Waals surface area (Å²) in [4.78, 5) is 13.5. The van der Waals surface area contributed by atoms with E-state index in [1.54, 1.807) is 43.9 Å². The molecule has 0 amide bonds. The Morgan fingerprint density at radius 3 is 2.58 bits per heavy atom. The predicted molar refractivity (Wildman–Crippen MR) is 121 cm³/mol. The van der Waals surface area contributed by atoms with Gasteiger partial charge in [0.05, 0.1) is 6.26 Å². The van der Waals surface area contributed by atoms with Crippen LogP contribution in [0.25, 0.3) is 33.4 Å². The minimum Gasteiger partial charge on any atom is -0.483 e. The number of ether oxygens (including phenoxy) is 1. The van der Waals surface area contributed by atoms with Gasteiger partial charge in [0.25, 0.3) is 0 Å². The van der Waals surface area contributed by atoms with E-state index in [1.165, 1.54) is 6.07 Å². The van der Waals surface area contributed by atoms with Crippen molar-refractivity contribution in [2.45, 2.75) is 6.61 Å². The standard InChI is InChI=1S/C25H18F2N4O2/c1-28-25-19-10-17(15-6-7-20(26)21(27)11-15)12-22(33-14-18-5-3-9-32-18)23(19)30-24(31-25)16-4-2-8-29-13-16/h2-13H,14H2,1H3,(H,28,30,31). The summed E-state index contributed by atoms with van der Waals surface area (Å²) in [5.74, 6) is 0.288. The molecule has 0 aliphatic heterocycles. The van der Waals surface area contributed by atoms with Crippen molar-refractivity contribution < 1.29 is 17.9 Å². The number of pyridine rings is 1. The number of hydrogen-bond acceptors (Lipinski definition) is 6. The summed E-state index contributed by atoms with van der Waals surface area (Å²) in [6.45, 7) is 0.171. The topological polar surface area (TPSA) is 73.1 Å². The number of furan rings is 1. The third-order valence-corrected chi connectivity index (χ3v) is 5.12. The Bertz CT molecular complexity index is 1420. The van der Waals surface area contributed by atoms with Crippen LogP contribution < -0.4 is 10.1 Å². The van der Waals surface area contributed by atoms with Gasteiger partial charge in [0, 0.05) is 30.4 Å². The minimum atomic E-state index is -0.928. The van der Waals surface area contributed by atoms with Gasteiger partial charge in [-0.1, -0.05) is 6.07 Å². The molecular formula is C25H18F2N4O2. The van der Waals surface area contributed by atoms with E-state index in [0.29, 0.717) is 45.2 Å². The van der Waals surface area contributed by atoms with Gasteiger partial charge in [0.1, 0.15) is 29.5 Å². The van der Waals surface area contributed by atoms with Crippen LogP contribution in [-0.4, -0.2) is 22.0 Å². The molecule has 0 bridgehead atoms. The number of hydrogen-bond donors (Lipinski definition) is 1. The van der Waals surface area contributed by atoms with E-state index in [1.807, 2.05) is 18.2 Å². The summed E-state index contributed by atoms with van der Waals surface area (Å²) >= 11 is 0. The monoisotopic (exact) mass is 444 g/mol. The molecule has 0 saturated carbocycles. The molecule has 0 aliphatic carbocycles. The number of halogens is 2. The van der Waals surface area contributed by atoms with Crippen molar-refractivity contribution in [2.24, 2.45) is 0 Å². The zero-order valence-corrected chi connectivity index (χ0v) is 17.5. The lowest BCUT2D eigenvalue weighted by Gasteiger charge is -2.15. The fraction of sp³-hybridized carbons (Fsp3) is 0.0800. The van der Waals surface area contributed by atoms with E-state index < -0.39 is 11.6 Å². The predicted octanol–water partition coefficient (Wildman–Crippen LogP) is 5.85. The molecule has 164 valence electrons. The van der Waals surface area contributed by atoms with Crippen molar-refractivity contribution in [3.8, 4) is 28.3 Å². The molecule has 1 N–H and O–H groups in total. The Kier molecular flexibility index (Phi) is 5.40. The lowest BCUT2D eigenvalue weighted by molar-refractivity contribution is 0.273. The van der Waals surface area contributed by atoms with Crippen molar-refractivity contribution in [1.82, 2.24) is 15.0 Å². The number of aromatic nitrogens is 3. The van der Waals surface area contributed by atoms with Crippen molar-refractivity contribution in [2.75, 3.05) is 12.4 Å². The lowest BCUT2D eigenvalue weighted by Crippen LogP contribution is -2.02. The maximum atomic E-state index is 13.9. The molecule has 0 atom stereocenters. The highest BCUT2D eigenvalue weighted by molar-refractivity contribution is 5.97. The smallest absolute Gasteiger partial charge is 0.163 e. The van der Waals surface area contributed by atoms with Gasteiger partial charge in [-0.25, -0.2) is 18.7 Å². The SMILES string of the molecule is CNc1nc(-c2cccnc2)nc2c(OCc3ccco3)cc(-c3ccc(F)c(F)c3)cc12. The molecule has 6 nitrogen and oxygen atoms in total. The summed E-state index contributed by atoms with van der Waals surface area (Å²) in [5, 5.41) is 3.76. The summed E-state index contributed by atoms with van der Waals surface area (Å²) < 4.78 is 38.9. The largest absolute Gasteiger partial charge is 0.483 e. The molecule has 33 heavy (non-hydrogen) atoms. The molecule has 3 aromatic heterocycles. The number of nitrogens with zero attached hydrogens (tertiary/aromatic N) is 3. The first-order chi connectivity index (χ1) is 16.1. The number of fused-ring (bicyclic) bond motifs is 1. The summed E-state index contributed by atoms with van der Waals surface area (Å²) in [6, 6.07) is 14.6. The minimum absolute atomic E-state index is 0.171. The van der Waals surface area contributed by atoms with Gasteiger partial charge < -0.3 is 14.5 Å². The molecule has 0 unspecified atom stereocenters. The first-order valence-corrected chi connectivity index (χ1v) is 10.2. The molecule has 8 heteroatoms. The Morgan fingerprint density at radius 1 is 0.939 bits per heavy atom. The lowest BCUT2D eigenvalue weighted by atomic mass is 10.0. The van der Waals surface area contributed by atoms with Crippen LogP contribution in [0.4, 0.5) is 14.6 Å². The average molecular weight is 444 g/mol. The maximum absolute atomic E-state index is 13.9. The van der Waals surface area contributed by atoms with E-state index >= 15 is 0 Å². The van der Waals surface area contributed by atoms with Crippen molar-refractivity contribution in [3.05, 3.63) is 90.6 Å².